The molecule has 0 aliphatic carbocycles. The second-order valence-electron chi connectivity index (χ2n) is 3.56. The second-order valence-corrected chi connectivity index (χ2v) is 4.66. The molecule has 0 saturated heterocycles. The smallest absolute Gasteiger partial charge is 0.116 e. The molecule has 0 aliphatic rings. The average molecular weight is 213 g/mol. The molecule has 14 heavy (non-hydrogen) atoms. The zero-order valence-electron chi connectivity index (χ0n) is 9.17. The van der Waals surface area contributed by atoms with Crippen LogP contribution in [0.1, 0.15) is 24.7 Å². The minimum Gasteiger partial charge on any atom is -0.468 e. The van der Waals surface area contributed by atoms with Gasteiger partial charge >= 0.3 is 0 Å². The maximum Gasteiger partial charge on any atom is 0.116 e. The van der Waals surface area contributed by atoms with Gasteiger partial charge in [-0.15, -0.1) is 0 Å². The third-order valence-corrected chi connectivity index (χ3v) is 3.38. The van der Waals surface area contributed by atoms with Gasteiger partial charge in [0.25, 0.3) is 0 Å². The Morgan fingerprint density at radius 2 is 2.36 bits per heavy atom. The van der Waals surface area contributed by atoms with E-state index in [4.69, 9.17) is 4.42 Å². The van der Waals surface area contributed by atoms with Crippen molar-refractivity contribution in [3.05, 3.63) is 23.7 Å². The molecular weight excluding hydrogens is 194 g/mol. The molecule has 0 saturated carbocycles. The summed E-state index contributed by atoms with van der Waals surface area (Å²) in [5.74, 6) is 3.30. The van der Waals surface area contributed by atoms with E-state index in [0.717, 1.165) is 11.5 Å². The molecule has 0 amide bonds. The largest absolute Gasteiger partial charge is 0.468 e. The molecule has 1 N–H and O–H groups in total. The first-order valence-electron chi connectivity index (χ1n) is 5.02. The van der Waals surface area contributed by atoms with Gasteiger partial charge in [-0.2, -0.15) is 11.8 Å². The highest BCUT2D eigenvalue weighted by Crippen LogP contribution is 2.17. The van der Waals surface area contributed by atoms with Crippen LogP contribution in [0.5, 0.6) is 0 Å². The third-order valence-electron chi connectivity index (χ3n) is 2.39. The number of rotatable bonds is 6. The summed E-state index contributed by atoms with van der Waals surface area (Å²) in [5.41, 5.74) is 1.26. The highest BCUT2D eigenvalue weighted by Gasteiger charge is 2.02. The summed E-state index contributed by atoms with van der Waals surface area (Å²) in [6.07, 6.45) is 2.97. The first kappa shape index (κ1) is 11.7. The summed E-state index contributed by atoms with van der Waals surface area (Å²) < 4.78 is 5.36. The van der Waals surface area contributed by atoms with Gasteiger partial charge in [0.05, 0.1) is 12.0 Å². The Labute approximate surface area is 90.5 Å². The summed E-state index contributed by atoms with van der Waals surface area (Å²) in [6, 6.07) is 2.63. The van der Waals surface area contributed by atoms with E-state index in [-0.39, 0.29) is 0 Å². The number of aryl methyl sites for hydroxylation is 1. The zero-order valence-corrected chi connectivity index (χ0v) is 9.99. The van der Waals surface area contributed by atoms with Crippen LogP contribution in [-0.2, 0) is 5.75 Å². The fourth-order valence-corrected chi connectivity index (χ4v) is 2.27. The molecule has 0 bridgehead atoms. The van der Waals surface area contributed by atoms with Gasteiger partial charge < -0.3 is 9.73 Å². The molecule has 1 heterocycles. The lowest BCUT2D eigenvalue weighted by atomic mass is 10.3. The third kappa shape index (κ3) is 3.76. The van der Waals surface area contributed by atoms with E-state index in [1.807, 2.05) is 24.9 Å². The Morgan fingerprint density at radius 3 is 2.93 bits per heavy atom. The molecule has 3 heteroatoms. The molecule has 1 aromatic heterocycles. The van der Waals surface area contributed by atoms with E-state index >= 15 is 0 Å². The maximum atomic E-state index is 5.36. The van der Waals surface area contributed by atoms with Crippen LogP contribution in [0, 0.1) is 6.92 Å². The first-order valence-corrected chi connectivity index (χ1v) is 6.17. The van der Waals surface area contributed by atoms with Crippen LogP contribution in [0.25, 0.3) is 0 Å². The lowest BCUT2D eigenvalue weighted by Crippen LogP contribution is -2.21. The average Bonchev–Trinajstić information content (AvgIpc) is 2.58. The predicted molar refractivity (Wildman–Crippen MR) is 62.7 cm³/mol. The molecule has 0 aromatic carbocycles. The van der Waals surface area contributed by atoms with Gasteiger partial charge in [0.2, 0.25) is 0 Å². The number of thioether (sulfide) groups is 1. The lowest BCUT2D eigenvalue weighted by molar-refractivity contribution is 0.527. The van der Waals surface area contributed by atoms with E-state index in [2.05, 4.69) is 19.2 Å². The Morgan fingerprint density at radius 1 is 1.57 bits per heavy atom. The highest BCUT2D eigenvalue weighted by atomic mass is 32.2. The normalized spacial score (nSPS) is 13.1. The Hall–Kier alpha value is -0.410. The summed E-state index contributed by atoms with van der Waals surface area (Å²) in [6.45, 7) is 4.30. The minimum atomic E-state index is 0.611. The quantitative estimate of drug-likeness (QED) is 0.736. The van der Waals surface area contributed by atoms with Crippen molar-refractivity contribution in [2.45, 2.75) is 32.1 Å². The zero-order chi connectivity index (χ0) is 10.4. The first-order chi connectivity index (χ1) is 6.74. The van der Waals surface area contributed by atoms with Crippen molar-refractivity contribution in [3.63, 3.8) is 0 Å². The summed E-state index contributed by atoms with van der Waals surface area (Å²) >= 11 is 1.94. The number of hydrogen-bond acceptors (Lipinski definition) is 3. The molecule has 1 aromatic rings. The molecular formula is C11H19NOS. The van der Waals surface area contributed by atoms with Crippen molar-refractivity contribution in [3.8, 4) is 0 Å². The van der Waals surface area contributed by atoms with Gasteiger partial charge in [-0.25, -0.2) is 0 Å². The Kier molecular flexibility index (Phi) is 5.12. The van der Waals surface area contributed by atoms with Crippen LogP contribution in [0.4, 0.5) is 0 Å². The SMILES string of the molecule is CNC(C)CCSCc1occc1C. The summed E-state index contributed by atoms with van der Waals surface area (Å²) in [7, 11) is 2.01. The van der Waals surface area contributed by atoms with Crippen LogP contribution >= 0.6 is 11.8 Å². The van der Waals surface area contributed by atoms with Gasteiger partial charge in [-0.3, -0.25) is 0 Å². The molecule has 0 aliphatic heterocycles. The van der Waals surface area contributed by atoms with E-state index < -0.39 is 0 Å². The van der Waals surface area contributed by atoms with Crippen LogP contribution in [0.15, 0.2) is 16.7 Å². The molecule has 1 rings (SSSR count). The second kappa shape index (κ2) is 6.14. The number of furan rings is 1. The van der Waals surface area contributed by atoms with Crippen LogP contribution in [-0.4, -0.2) is 18.8 Å². The van der Waals surface area contributed by atoms with Crippen molar-refractivity contribution < 1.29 is 4.42 Å². The van der Waals surface area contributed by atoms with E-state index in [0.29, 0.717) is 6.04 Å². The molecule has 1 unspecified atom stereocenters. The summed E-state index contributed by atoms with van der Waals surface area (Å²) in [5, 5.41) is 3.23. The molecule has 80 valence electrons. The Bertz CT molecular complexity index is 260. The topological polar surface area (TPSA) is 25.2 Å². The molecule has 1 atom stereocenters. The van der Waals surface area contributed by atoms with Gasteiger partial charge in [-0.05, 0) is 44.7 Å². The van der Waals surface area contributed by atoms with Gasteiger partial charge in [0, 0.05) is 6.04 Å². The molecule has 2 nitrogen and oxygen atoms in total. The predicted octanol–water partition coefficient (Wildman–Crippen LogP) is 2.82. The van der Waals surface area contributed by atoms with Crippen molar-refractivity contribution >= 4 is 11.8 Å². The van der Waals surface area contributed by atoms with E-state index in [1.165, 1.54) is 17.7 Å². The van der Waals surface area contributed by atoms with Crippen molar-refractivity contribution in [2.75, 3.05) is 12.8 Å². The van der Waals surface area contributed by atoms with E-state index in [9.17, 15) is 0 Å². The van der Waals surface area contributed by atoms with Crippen LogP contribution < -0.4 is 5.32 Å². The van der Waals surface area contributed by atoms with Gasteiger partial charge in [-0.1, -0.05) is 0 Å². The van der Waals surface area contributed by atoms with Crippen molar-refractivity contribution in [1.82, 2.24) is 5.32 Å². The minimum absolute atomic E-state index is 0.611. The van der Waals surface area contributed by atoms with E-state index in [1.54, 1.807) is 6.26 Å². The highest BCUT2D eigenvalue weighted by molar-refractivity contribution is 7.98. The van der Waals surface area contributed by atoms with Crippen molar-refractivity contribution in [1.29, 1.82) is 0 Å². The van der Waals surface area contributed by atoms with Crippen molar-refractivity contribution in [2.24, 2.45) is 0 Å². The van der Waals surface area contributed by atoms with Crippen LogP contribution in [0.2, 0.25) is 0 Å². The Balaban J connectivity index is 2.13. The van der Waals surface area contributed by atoms with Gasteiger partial charge in [0.15, 0.2) is 0 Å². The number of hydrogen-bond donors (Lipinski definition) is 1. The molecule has 0 spiro atoms. The summed E-state index contributed by atoms with van der Waals surface area (Å²) in [4.78, 5) is 0. The fourth-order valence-electron chi connectivity index (χ4n) is 1.12. The lowest BCUT2D eigenvalue weighted by Gasteiger charge is -2.08. The maximum absolute atomic E-state index is 5.36. The fraction of sp³-hybridized carbons (Fsp3) is 0.636. The molecule has 0 fully saturated rings. The van der Waals surface area contributed by atoms with Crippen LogP contribution in [0.3, 0.4) is 0 Å². The monoisotopic (exact) mass is 213 g/mol. The molecule has 0 radical (unpaired) electrons. The number of nitrogens with one attached hydrogen (secondary N) is 1. The van der Waals surface area contributed by atoms with Gasteiger partial charge in [0.1, 0.15) is 5.76 Å². The standard InChI is InChI=1S/C11H19NOS/c1-9-4-6-13-11(9)8-14-7-5-10(2)12-3/h4,6,10,12H,5,7-8H2,1-3H3.